The van der Waals surface area contributed by atoms with E-state index in [1.807, 2.05) is 0 Å². The van der Waals surface area contributed by atoms with Gasteiger partial charge >= 0.3 is 0 Å². The highest BCUT2D eigenvalue weighted by molar-refractivity contribution is 7.85. The molecule has 0 aliphatic carbocycles. The van der Waals surface area contributed by atoms with Crippen molar-refractivity contribution in [1.29, 1.82) is 0 Å². The van der Waals surface area contributed by atoms with Gasteiger partial charge in [-0.3, -0.25) is 9.35 Å². The largest absolute Gasteiger partial charge is 0.488 e. The average molecular weight is 730 g/mol. The highest BCUT2D eigenvalue weighted by atomic mass is 32.2. The van der Waals surface area contributed by atoms with Crippen molar-refractivity contribution in [2.75, 3.05) is 5.73 Å². The molecule has 0 amide bonds. The molecule has 0 spiro atoms. The first-order chi connectivity index (χ1) is 24.7. The van der Waals surface area contributed by atoms with Gasteiger partial charge in [-0.05, 0) is 87.0 Å². The SMILES string of the molecule is CC(C)Oc1ccc(-c2nn(C(C)c3oc4ccc(F)cc4c(=O)c3-c3cccc(F)c3)c3ncnc(N)c23)cc1F.O=S(=O)(O)c1ccccc1. The number of rotatable bonds is 7. The third-order valence-electron chi connectivity index (χ3n) is 7.87. The quantitative estimate of drug-likeness (QED) is 0.156. The van der Waals surface area contributed by atoms with E-state index in [4.69, 9.17) is 24.5 Å². The molecule has 0 aliphatic rings. The van der Waals surface area contributed by atoms with Crippen LogP contribution in [0.1, 0.15) is 32.6 Å². The fourth-order valence-corrected chi connectivity index (χ4v) is 6.07. The summed E-state index contributed by atoms with van der Waals surface area (Å²) in [7, 11) is -4.00. The third kappa shape index (κ3) is 7.22. The van der Waals surface area contributed by atoms with Crippen LogP contribution in [0.15, 0.2) is 111 Å². The molecule has 266 valence electrons. The molecule has 3 aromatic heterocycles. The first-order valence-electron chi connectivity index (χ1n) is 15.7. The minimum Gasteiger partial charge on any atom is -0.488 e. The molecule has 0 bridgehead atoms. The molecule has 1 atom stereocenters. The zero-order valence-corrected chi connectivity index (χ0v) is 28.6. The van der Waals surface area contributed by atoms with E-state index in [2.05, 4.69) is 9.97 Å². The summed E-state index contributed by atoms with van der Waals surface area (Å²) >= 11 is 0. The molecule has 11 nitrogen and oxygen atoms in total. The van der Waals surface area contributed by atoms with Crippen molar-refractivity contribution in [3.8, 4) is 28.1 Å². The van der Waals surface area contributed by atoms with Crippen LogP contribution in [0.4, 0.5) is 19.0 Å². The summed E-state index contributed by atoms with van der Waals surface area (Å²) in [5, 5.41) is 5.10. The summed E-state index contributed by atoms with van der Waals surface area (Å²) in [5.41, 5.74) is 7.10. The second-order valence-corrected chi connectivity index (χ2v) is 13.3. The number of halogens is 3. The number of fused-ring (bicyclic) bond motifs is 2. The van der Waals surface area contributed by atoms with Crippen molar-refractivity contribution in [3.63, 3.8) is 0 Å². The second-order valence-electron chi connectivity index (χ2n) is 11.8. The zero-order valence-electron chi connectivity index (χ0n) is 27.8. The maximum atomic E-state index is 15.0. The highest BCUT2D eigenvalue weighted by Crippen LogP contribution is 2.37. The molecular weight excluding hydrogens is 699 g/mol. The van der Waals surface area contributed by atoms with Crippen molar-refractivity contribution in [3.05, 3.63) is 131 Å². The Kier molecular flexibility index (Phi) is 9.82. The van der Waals surface area contributed by atoms with Crippen LogP contribution in [0.25, 0.3) is 44.4 Å². The number of anilines is 1. The number of aromatic nitrogens is 4. The zero-order chi connectivity index (χ0) is 37.3. The fourth-order valence-electron chi connectivity index (χ4n) is 5.56. The van der Waals surface area contributed by atoms with Gasteiger partial charge in [0.2, 0.25) is 5.43 Å². The molecule has 4 aromatic carbocycles. The van der Waals surface area contributed by atoms with Crippen LogP contribution >= 0.6 is 0 Å². The summed E-state index contributed by atoms with van der Waals surface area (Å²) in [6.45, 7) is 5.30. The van der Waals surface area contributed by atoms with Crippen molar-refractivity contribution in [1.82, 2.24) is 19.7 Å². The van der Waals surface area contributed by atoms with Gasteiger partial charge in [0.25, 0.3) is 10.1 Å². The van der Waals surface area contributed by atoms with E-state index < -0.39 is 39.0 Å². The molecule has 7 aromatic rings. The number of nitrogens with two attached hydrogens (primary N) is 1. The maximum Gasteiger partial charge on any atom is 0.294 e. The lowest BCUT2D eigenvalue weighted by Crippen LogP contribution is -2.16. The molecule has 1 unspecified atom stereocenters. The fraction of sp³-hybridized carbons (Fsp3) is 0.135. The van der Waals surface area contributed by atoms with Crippen LogP contribution in [0, 0.1) is 17.5 Å². The molecule has 0 fully saturated rings. The van der Waals surface area contributed by atoms with E-state index in [9.17, 15) is 26.4 Å². The number of hydrogen-bond donors (Lipinski definition) is 2. The Morgan fingerprint density at radius 1 is 0.865 bits per heavy atom. The van der Waals surface area contributed by atoms with Gasteiger partial charge in [-0.1, -0.05) is 30.3 Å². The van der Waals surface area contributed by atoms with Crippen molar-refractivity contribution in [2.45, 2.75) is 37.8 Å². The summed E-state index contributed by atoms with van der Waals surface area (Å²) in [6, 6.07) is 20.1. The minimum absolute atomic E-state index is 0.00183. The standard InChI is InChI=1S/C31H24F3N5O3.C6H6O3S/c1-15(2)41-24-9-7-18(12-22(24)34)27-26-30(35)36-14-37-31(26)39(38-27)16(3)29-25(17-5-4-6-19(32)11-17)28(40)21-13-20(33)8-10-23(21)42-29;7-10(8,9)6-4-2-1-3-5-6/h4-16H,1-3H3,(H2,35,36,37);1-5H,(H,7,8,9). The van der Waals surface area contributed by atoms with Crippen molar-refractivity contribution >= 4 is 37.9 Å². The Labute approximate surface area is 294 Å². The van der Waals surface area contributed by atoms with E-state index in [0.717, 1.165) is 6.07 Å². The molecule has 0 saturated carbocycles. The van der Waals surface area contributed by atoms with Crippen LogP contribution in [0.2, 0.25) is 0 Å². The smallest absolute Gasteiger partial charge is 0.294 e. The normalized spacial score (nSPS) is 12.2. The third-order valence-corrected chi connectivity index (χ3v) is 8.73. The van der Waals surface area contributed by atoms with Gasteiger partial charge < -0.3 is 14.9 Å². The van der Waals surface area contributed by atoms with Gasteiger partial charge in [-0.15, -0.1) is 0 Å². The highest BCUT2D eigenvalue weighted by Gasteiger charge is 2.27. The number of hydrogen-bond acceptors (Lipinski definition) is 9. The molecule has 52 heavy (non-hydrogen) atoms. The van der Waals surface area contributed by atoms with Gasteiger partial charge in [0, 0.05) is 5.56 Å². The van der Waals surface area contributed by atoms with Gasteiger partial charge in [0.05, 0.1) is 27.3 Å². The Morgan fingerprint density at radius 2 is 1.60 bits per heavy atom. The van der Waals surface area contributed by atoms with E-state index >= 15 is 0 Å². The predicted octanol–water partition coefficient (Wildman–Crippen LogP) is 7.60. The molecule has 3 N–H and O–H groups in total. The summed E-state index contributed by atoms with van der Waals surface area (Å²) in [4.78, 5) is 22.2. The Morgan fingerprint density at radius 3 is 2.25 bits per heavy atom. The van der Waals surface area contributed by atoms with Crippen LogP contribution in [0.3, 0.4) is 0 Å². The first kappa shape index (κ1) is 35.8. The molecule has 3 heterocycles. The predicted molar refractivity (Wildman–Crippen MR) is 189 cm³/mol. The lowest BCUT2D eigenvalue weighted by molar-refractivity contribution is 0.231. The molecule has 7 rings (SSSR count). The monoisotopic (exact) mass is 729 g/mol. The number of benzene rings is 4. The lowest BCUT2D eigenvalue weighted by Gasteiger charge is -2.17. The second kappa shape index (κ2) is 14.3. The van der Waals surface area contributed by atoms with Crippen LogP contribution in [-0.2, 0) is 10.1 Å². The number of nitrogen functional groups attached to an aromatic ring is 1. The summed E-state index contributed by atoms with van der Waals surface area (Å²) < 4.78 is 85.9. The Hall–Kier alpha value is -6.06. The summed E-state index contributed by atoms with van der Waals surface area (Å²) in [5.74, 6) is -1.45. The van der Waals surface area contributed by atoms with Gasteiger partial charge in [0.15, 0.2) is 17.2 Å². The molecule has 0 radical (unpaired) electrons. The van der Waals surface area contributed by atoms with E-state index in [1.165, 1.54) is 65.6 Å². The maximum absolute atomic E-state index is 15.0. The topological polar surface area (TPSA) is 163 Å². The van der Waals surface area contributed by atoms with Crippen molar-refractivity contribution < 1.29 is 35.3 Å². The van der Waals surface area contributed by atoms with Gasteiger partial charge in [0.1, 0.15) is 46.9 Å². The van der Waals surface area contributed by atoms with Crippen molar-refractivity contribution in [2.24, 2.45) is 0 Å². The van der Waals surface area contributed by atoms with Crippen LogP contribution in [-0.4, -0.2) is 38.8 Å². The van der Waals surface area contributed by atoms with E-state index in [1.54, 1.807) is 51.1 Å². The first-order valence-corrected chi connectivity index (χ1v) is 17.2. The summed E-state index contributed by atoms with van der Waals surface area (Å²) in [6.07, 6.45) is 1.04. The Balaban J connectivity index is 0.000000402. The van der Waals surface area contributed by atoms with E-state index in [-0.39, 0.29) is 50.4 Å². The van der Waals surface area contributed by atoms with E-state index in [0.29, 0.717) is 22.3 Å². The van der Waals surface area contributed by atoms with Gasteiger partial charge in [-0.25, -0.2) is 27.8 Å². The number of ether oxygens (including phenoxy) is 1. The van der Waals surface area contributed by atoms with Gasteiger partial charge in [-0.2, -0.15) is 13.5 Å². The Bertz CT molecular complexity index is 2610. The lowest BCUT2D eigenvalue weighted by atomic mass is 9.99. The van der Waals surface area contributed by atoms with Crippen LogP contribution in [0.5, 0.6) is 5.75 Å². The van der Waals surface area contributed by atoms with Crippen LogP contribution < -0.4 is 15.9 Å². The minimum atomic E-state index is -4.00. The molecule has 0 saturated heterocycles. The molecule has 0 aliphatic heterocycles. The average Bonchev–Trinajstić information content (AvgIpc) is 3.50. The molecule has 15 heteroatoms. The molecular formula is C37H30F3N5O6S. The number of nitrogens with zero attached hydrogens (tertiary/aromatic N) is 4.